The van der Waals surface area contributed by atoms with Crippen LogP contribution < -0.4 is 20.1 Å². The van der Waals surface area contributed by atoms with Crippen molar-refractivity contribution in [3.8, 4) is 11.5 Å². The van der Waals surface area contributed by atoms with Gasteiger partial charge in [-0.3, -0.25) is 19.4 Å². The Morgan fingerprint density at radius 3 is 2.34 bits per heavy atom. The first-order chi connectivity index (χ1) is 15.5. The number of ether oxygens (including phenoxy) is 2. The highest BCUT2D eigenvalue weighted by atomic mass is 35.5. The molecule has 0 spiro atoms. The molecule has 2 aromatic carbocycles. The van der Waals surface area contributed by atoms with E-state index >= 15 is 0 Å². The number of hydrogen-bond donors (Lipinski definition) is 2. The molecule has 0 saturated carbocycles. The average Bonchev–Trinajstić information content (AvgIpc) is 3.24. The Morgan fingerprint density at radius 1 is 0.969 bits per heavy atom. The van der Waals surface area contributed by atoms with E-state index in [1.165, 1.54) is 0 Å². The SMILES string of the molecule is C[C@H](NC(=O)CN1CCN(CC(=O)Nc2ccccc2Cl)CC1)c1ccc2c(c1)OCO2. The van der Waals surface area contributed by atoms with Gasteiger partial charge in [-0.1, -0.05) is 29.8 Å². The fourth-order valence-electron chi connectivity index (χ4n) is 3.82. The van der Waals surface area contributed by atoms with E-state index in [-0.39, 0.29) is 24.6 Å². The lowest BCUT2D eigenvalue weighted by Gasteiger charge is -2.34. The molecule has 2 aliphatic heterocycles. The summed E-state index contributed by atoms with van der Waals surface area (Å²) in [4.78, 5) is 29.0. The maximum absolute atomic E-state index is 12.5. The lowest BCUT2D eigenvalue weighted by Crippen LogP contribution is -2.51. The van der Waals surface area contributed by atoms with E-state index in [4.69, 9.17) is 21.1 Å². The van der Waals surface area contributed by atoms with Crippen molar-refractivity contribution in [2.75, 3.05) is 51.4 Å². The molecule has 2 aromatic rings. The first-order valence-electron chi connectivity index (χ1n) is 10.7. The van der Waals surface area contributed by atoms with E-state index in [0.29, 0.717) is 29.5 Å². The number of nitrogens with one attached hydrogen (secondary N) is 2. The van der Waals surface area contributed by atoms with Crippen LogP contribution in [0, 0.1) is 0 Å². The number of rotatable bonds is 7. The van der Waals surface area contributed by atoms with E-state index in [0.717, 1.165) is 37.5 Å². The van der Waals surface area contributed by atoms with Crippen molar-refractivity contribution in [1.82, 2.24) is 15.1 Å². The van der Waals surface area contributed by atoms with Crippen LogP contribution in [0.4, 0.5) is 5.69 Å². The van der Waals surface area contributed by atoms with Crippen LogP contribution in [0.15, 0.2) is 42.5 Å². The molecule has 2 heterocycles. The van der Waals surface area contributed by atoms with Crippen molar-refractivity contribution in [2.45, 2.75) is 13.0 Å². The van der Waals surface area contributed by atoms with Crippen LogP contribution in [0.5, 0.6) is 11.5 Å². The van der Waals surface area contributed by atoms with Crippen LogP contribution in [0.1, 0.15) is 18.5 Å². The fourth-order valence-corrected chi connectivity index (χ4v) is 4.00. The zero-order chi connectivity index (χ0) is 22.5. The lowest BCUT2D eigenvalue weighted by molar-refractivity contribution is -0.124. The molecule has 0 aliphatic carbocycles. The third-order valence-corrected chi connectivity index (χ3v) is 5.95. The Bertz CT molecular complexity index is 978. The maximum atomic E-state index is 12.5. The minimum absolute atomic E-state index is 0.0277. The molecule has 2 aliphatic rings. The number of amides is 2. The second-order valence-corrected chi connectivity index (χ2v) is 8.39. The predicted octanol–water partition coefficient (Wildman–Crippen LogP) is 2.50. The number of anilines is 1. The number of halogens is 1. The molecule has 4 rings (SSSR count). The molecule has 8 nitrogen and oxygen atoms in total. The molecule has 170 valence electrons. The van der Waals surface area contributed by atoms with E-state index in [2.05, 4.69) is 20.4 Å². The minimum Gasteiger partial charge on any atom is -0.454 e. The second-order valence-electron chi connectivity index (χ2n) is 7.98. The van der Waals surface area contributed by atoms with Crippen molar-refractivity contribution in [2.24, 2.45) is 0 Å². The smallest absolute Gasteiger partial charge is 0.238 e. The highest BCUT2D eigenvalue weighted by Gasteiger charge is 2.22. The van der Waals surface area contributed by atoms with Gasteiger partial charge in [-0.05, 0) is 36.8 Å². The number of hydrogen-bond acceptors (Lipinski definition) is 6. The average molecular weight is 459 g/mol. The number of benzene rings is 2. The summed E-state index contributed by atoms with van der Waals surface area (Å²) in [6, 6.07) is 12.7. The molecule has 9 heteroatoms. The molecule has 2 amide bonds. The topological polar surface area (TPSA) is 83.1 Å². The molecule has 0 radical (unpaired) electrons. The van der Waals surface area contributed by atoms with Gasteiger partial charge >= 0.3 is 0 Å². The molecule has 0 aromatic heterocycles. The standard InChI is InChI=1S/C23H27ClN4O4/c1-16(17-6-7-20-21(12-17)32-15-31-20)25-22(29)13-27-8-10-28(11-9-27)14-23(30)26-19-5-3-2-4-18(19)24/h2-7,12,16H,8-11,13-15H2,1H3,(H,25,29)(H,26,30)/t16-/m0/s1. The zero-order valence-electron chi connectivity index (χ0n) is 18.0. The molecule has 1 saturated heterocycles. The van der Waals surface area contributed by atoms with Gasteiger partial charge < -0.3 is 20.1 Å². The second kappa shape index (κ2) is 10.2. The highest BCUT2D eigenvalue weighted by molar-refractivity contribution is 6.33. The van der Waals surface area contributed by atoms with Crippen LogP contribution in [-0.4, -0.2) is 67.7 Å². The van der Waals surface area contributed by atoms with Crippen molar-refractivity contribution >= 4 is 29.1 Å². The fraction of sp³-hybridized carbons (Fsp3) is 0.391. The van der Waals surface area contributed by atoms with Crippen molar-refractivity contribution < 1.29 is 19.1 Å². The van der Waals surface area contributed by atoms with Gasteiger partial charge in [0.2, 0.25) is 18.6 Å². The minimum atomic E-state index is -0.133. The number of carbonyl (C=O) groups excluding carboxylic acids is 2. The van der Waals surface area contributed by atoms with E-state index in [9.17, 15) is 9.59 Å². The van der Waals surface area contributed by atoms with Crippen molar-refractivity contribution in [3.63, 3.8) is 0 Å². The summed E-state index contributed by atoms with van der Waals surface area (Å²) in [5.41, 5.74) is 1.59. The molecular weight excluding hydrogens is 432 g/mol. The van der Waals surface area contributed by atoms with Crippen LogP contribution >= 0.6 is 11.6 Å². The predicted molar refractivity (Wildman–Crippen MR) is 122 cm³/mol. The van der Waals surface area contributed by atoms with Gasteiger partial charge in [-0.25, -0.2) is 0 Å². The first kappa shape index (κ1) is 22.4. The van der Waals surface area contributed by atoms with Gasteiger partial charge in [-0.15, -0.1) is 0 Å². The Kier molecular flexibility index (Phi) is 7.14. The van der Waals surface area contributed by atoms with E-state index < -0.39 is 0 Å². The Hall–Kier alpha value is -2.81. The number of piperazine rings is 1. The highest BCUT2D eigenvalue weighted by Crippen LogP contribution is 2.34. The maximum Gasteiger partial charge on any atom is 0.238 e. The van der Waals surface area contributed by atoms with Gasteiger partial charge in [0.1, 0.15) is 0 Å². The Balaban J connectivity index is 1.19. The quantitative estimate of drug-likeness (QED) is 0.663. The van der Waals surface area contributed by atoms with Gasteiger partial charge in [0.25, 0.3) is 0 Å². The van der Waals surface area contributed by atoms with Gasteiger partial charge in [-0.2, -0.15) is 0 Å². The summed E-state index contributed by atoms with van der Waals surface area (Å²) in [7, 11) is 0. The third kappa shape index (κ3) is 5.70. The molecular formula is C23H27ClN4O4. The van der Waals surface area contributed by atoms with Gasteiger partial charge in [0.15, 0.2) is 11.5 Å². The number of fused-ring (bicyclic) bond motifs is 1. The molecule has 1 fully saturated rings. The molecule has 0 bridgehead atoms. The summed E-state index contributed by atoms with van der Waals surface area (Å²) in [5, 5.41) is 6.41. The van der Waals surface area contributed by atoms with Crippen LogP contribution in [0.2, 0.25) is 5.02 Å². The first-order valence-corrected chi connectivity index (χ1v) is 11.0. The third-order valence-electron chi connectivity index (χ3n) is 5.62. The van der Waals surface area contributed by atoms with Gasteiger partial charge in [0, 0.05) is 26.2 Å². The zero-order valence-corrected chi connectivity index (χ0v) is 18.7. The molecule has 2 N–H and O–H groups in total. The summed E-state index contributed by atoms with van der Waals surface area (Å²) in [5.74, 6) is 1.31. The number of para-hydroxylation sites is 1. The van der Waals surface area contributed by atoms with Crippen LogP contribution in [0.25, 0.3) is 0 Å². The number of nitrogens with zero attached hydrogens (tertiary/aromatic N) is 2. The summed E-state index contributed by atoms with van der Waals surface area (Å²) >= 11 is 6.09. The molecule has 32 heavy (non-hydrogen) atoms. The van der Waals surface area contributed by atoms with E-state index in [1.807, 2.05) is 37.3 Å². The number of carbonyl (C=O) groups is 2. The van der Waals surface area contributed by atoms with Gasteiger partial charge in [0.05, 0.1) is 29.8 Å². The normalized spacial score (nSPS) is 17.1. The summed E-state index contributed by atoms with van der Waals surface area (Å²) in [6.07, 6.45) is 0. The monoisotopic (exact) mass is 458 g/mol. The lowest BCUT2D eigenvalue weighted by atomic mass is 10.1. The molecule has 1 atom stereocenters. The van der Waals surface area contributed by atoms with Crippen molar-refractivity contribution in [3.05, 3.63) is 53.1 Å². The Labute approximate surface area is 192 Å². The largest absolute Gasteiger partial charge is 0.454 e. The summed E-state index contributed by atoms with van der Waals surface area (Å²) < 4.78 is 10.7. The van der Waals surface area contributed by atoms with Crippen molar-refractivity contribution in [1.29, 1.82) is 0 Å². The van der Waals surface area contributed by atoms with Crippen LogP contribution in [-0.2, 0) is 9.59 Å². The molecule has 0 unspecified atom stereocenters. The summed E-state index contributed by atoms with van der Waals surface area (Å²) in [6.45, 7) is 5.71. The Morgan fingerprint density at radius 2 is 1.62 bits per heavy atom. The van der Waals surface area contributed by atoms with Crippen LogP contribution in [0.3, 0.4) is 0 Å². The van der Waals surface area contributed by atoms with E-state index in [1.54, 1.807) is 12.1 Å².